The molecule has 3 aromatic carbocycles. The first-order chi connectivity index (χ1) is 20.1. The fourth-order valence-electron chi connectivity index (χ4n) is 5.41. The molecule has 42 heavy (non-hydrogen) atoms. The van der Waals surface area contributed by atoms with Gasteiger partial charge in [-0.1, -0.05) is 74.3 Å². The molecule has 3 aromatic rings. The highest BCUT2D eigenvalue weighted by atomic mass is 35.5. The van der Waals surface area contributed by atoms with Gasteiger partial charge in [-0.2, -0.15) is 0 Å². The Morgan fingerprint density at radius 2 is 1.62 bits per heavy atom. The van der Waals surface area contributed by atoms with E-state index in [9.17, 15) is 9.59 Å². The van der Waals surface area contributed by atoms with E-state index in [0.717, 1.165) is 22.3 Å². The molecule has 3 amide bonds. The van der Waals surface area contributed by atoms with Gasteiger partial charge in [0.15, 0.2) is 0 Å². The van der Waals surface area contributed by atoms with Gasteiger partial charge < -0.3 is 15.0 Å². The van der Waals surface area contributed by atoms with E-state index in [1.54, 1.807) is 9.80 Å². The third-order valence-electron chi connectivity index (χ3n) is 7.67. The maximum Gasteiger partial charge on any atom is 0.326 e. The Kier molecular flexibility index (Phi) is 8.81. The second kappa shape index (κ2) is 12.4. The van der Waals surface area contributed by atoms with Gasteiger partial charge >= 0.3 is 6.03 Å². The van der Waals surface area contributed by atoms with Crippen molar-refractivity contribution in [1.82, 2.24) is 15.1 Å². The summed E-state index contributed by atoms with van der Waals surface area (Å²) in [6, 6.07) is 20.1. The van der Waals surface area contributed by atoms with Crippen LogP contribution >= 0.6 is 23.2 Å². The second-order valence-electron chi connectivity index (χ2n) is 11.6. The molecule has 7 nitrogen and oxygen atoms in total. The van der Waals surface area contributed by atoms with E-state index in [1.165, 1.54) is 0 Å². The van der Waals surface area contributed by atoms with Crippen LogP contribution in [-0.4, -0.2) is 53.8 Å². The maximum absolute atomic E-state index is 14.6. The zero-order chi connectivity index (χ0) is 30.0. The lowest BCUT2D eigenvalue weighted by molar-refractivity contribution is -0.120. The van der Waals surface area contributed by atoms with Crippen molar-refractivity contribution in [2.45, 2.75) is 51.6 Å². The molecule has 2 heterocycles. The molecule has 1 fully saturated rings. The number of carbonyl (C=O) groups is 2. The second-order valence-corrected chi connectivity index (χ2v) is 12.5. The van der Waals surface area contributed by atoms with Crippen molar-refractivity contribution in [2.75, 3.05) is 26.2 Å². The molecule has 5 rings (SSSR count). The first kappa shape index (κ1) is 29.9. The van der Waals surface area contributed by atoms with Gasteiger partial charge in [0.2, 0.25) is 5.91 Å². The number of ether oxygens (including phenoxy) is 1. The van der Waals surface area contributed by atoms with E-state index in [-0.39, 0.29) is 23.8 Å². The molecule has 0 saturated carbocycles. The van der Waals surface area contributed by atoms with Crippen LogP contribution in [0.2, 0.25) is 10.0 Å². The van der Waals surface area contributed by atoms with Crippen LogP contribution in [0.3, 0.4) is 0 Å². The Bertz CT molecular complexity index is 1480. The number of amides is 3. The number of aliphatic imine (C=N–C) groups is 1. The highest BCUT2D eigenvalue weighted by Crippen LogP contribution is 2.46. The van der Waals surface area contributed by atoms with Gasteiger partial charge in [0.05, 0.1) is 18.2 Å². The van der Waals surface area contributed by atoms with Crippen molar-refractivity contribution in [1.29, 1.82) is 0 Å². The molecule has 0 radical (unpaired) electrons. The van der Waals surface area contributed by atoms with Crippen LogP contribution in [0, 0.1) is 0 Å². The standard InChI is InChI=1S/C33H36Cl2N4O3/c1-5-42-27-20-23(33(2,3)4)10-15-26(27)31-37-29(21-6-11-24(34)12-7-21)30(22-8-13-25(35)14-9-22)39(31)32(41)38-18-16-28(40)36-17-19-38/h6-15,20,29-30H,5,16-19H2,1-4H3,(H,36,40)/t29-,30+/m0/s1. The molecular formula is C33H36Cl2N4O3. The van der Waals surface area contributed by atoms with Crippen LogP contribution in [0.1, 0.15) is 68.5 Å². The summed E-state index contributed by atoms with van der Waals surface area (Å²) in [6.45, 7) is 9.97. The fraction of sp³-hybridized carbons (Fsp3) is 0.364. The molecule has 1 N–H and O–H groups in total. The topological polar surface area (TPSA) is 74.2 Å². The summed E-state index contributed by atoms with van der Waals surface area (Å²) in [4.78, 5) is 35.5. The molecule has 220 valence electrons. The Hall–Kier alpha value is -3.55. The minimum atomic E-state index is -0.477. The zero-order valence-corrected chi connectivity index (χ0v) is 25.9. The molecule has 0 bridgehead atoms. The number of benzene rings is 3. The number of halogens is 2. The van der Waals surface area contributed by atoms with Crippen molar-refractivity contribution in [2.24, 2.45) is 4.99 Å². The van der Waals surface area contributed by atoms with Crippen LogP contribution < -0.4 is 10.1 Å². The largest absolute Gasteiger partial charge is 0.493 e. The lowest BCUT2D eigenvalue weighted by Crippen LogP contribution is -2.47. The van der Waals surface area contributed by atoms with Gasteiger partial charge in [0.25, 0.3) is 0 Å². The van der Waals surface area contributed by atoms with E-state index in [0.29, 0.717) is 47.9 Å². The minimum absolute atomic E-state index is 0.0645. The summed E-state index contributed by atoms with van der Waals surface area (Å²) in [5, 5.41) is 4.09. The van der Waals surface area contributed by atoms with Crippen LogP contribution in [0.15, 0.2) is 71.7 Å². The summed E-state index contributed by atoms with van der Waals surface area (Å²) in [6.07, 6.45) is 0.239. The SMILES string of the molecule is CCOc1cc(C(C)(C)C)ccc1C1=N[C@@H](c2ccc(Cl)cc2)[C@@H](c2ccc(Cl)cc2)N1C(=O)N1CCNC(=O)CC1. The third kappa shape index (κ3) is 6.27. The van der Waals surface area contributed by atoms with E-state index in [4.69, 9.17) is 32.9 Å². The Morgan fingerprint density at radius 3 is 2.24 bits per heavy atom. The molecule has 9 heteroatoms. The summed E-state index contributed by atoms with van der Waals surface area (Å²) in [5.74, 6) is 1.12. The normalized spacial score (nSPS) is 19.3. The molecule has 2 aliphatic rings. The van der Waals surface area contributed by atoms with Crippen molar-refractivity contribution in [3.63, 3.8) is 0 Å². The number of nitrogens with zero attached hydrogens (tertiary/aromatic N) is 3. The monoisotopic (exact) mass is 606 g/mol. The Balaban J connectivity index is 1.70. The highest BCUT2D eigenvalue weighted by Gasteiger charge is 2.44. The maximum atomic E-state index is 14.6. The van der Waals surface area contributed by atoms with Gasteiger partial charge in [0, 0.05) is 36.1 Å². The number of nitrogens with one attached hydrogen (secondary N) is 1. The lowest BCUT2D eigenvalue weighted by Gasteiger charge is -2.34. The average molecular weight is 608 g/mol. The van der Waals surface area contributed by atoms with Gasteiger partial charge in [0.1, 0.15) is 17.6 Å². The molecule has 0 spiro atoms. The van der Waals surface area contributed by atoms with E-state index >= 15 is 0 Å². The van der Waals surface area contributed by atoms with E-state index < -0.39 is 12.1 Å². The Morgan fingerprint density at radius 1 is 0.976 bits per heavy atom. The molecular weight excluding hydrogens is 571 g/mol. The smallest absolute Gasteiger partial charge is 0.326 e. The number of amidine groups is 1. The molecule has 0 aromatic heterocycles. The predicted molar refractivity (Wildman–Crippen MR) is 168 cm³/mol. The first-order valence-corrected chi connectivity index (χ1v) is 15.0. The van der Waals surface area contributed by atoms with Crippen LogP contribution in [0.4, 0.5) is 4.79 Å². The highest BCUT2D eigenvalue weighted by molar-refractivity contribution is 6.30. The van der Waals surface area contributed by atoms with Gasteiger partial charge in [-0.25, -0.2) is 4.79 Å². The number of carbonyl (C=O) groups excluding carboxylic acids is 2. The number of hydrogen-bond acceptors (Lipinski definition) is 4. The molecule has 2 atom stereocenters. The van der Waals surface area contributed by atoms with Gasteiger partial charge in [-0.3, -0.25) is 14.7 Å². The fourth-order valence-corrected chi connectivity index (χ4v) is 5.67. The van der Waals surface area contributed by atoms with Crippen LogP contribution in [-0.2, 0) is 10.2 Å². The molecule has 1 saturated heterocycles. The molecule has 0 aliphatic carbocycles. The average Bonchev–Trinajstić information content (AvgIpc) is 3.21. The quantitative estimate of drug-likeness (QED) is 0.334. The van der Waals surface area contributed by atoms with Crippen LogP contribution in [0.25, 0.3) is 0 Å². The number of rotatable bonds is 5. The van der Waals surface area contributed by atoms with Crippen molar-refractivity contribution in [3.8, 4) is 5.75 Å². The van der Waals surface area contributed by atoms with Crippen molar-refractivity contribution in [3.05, 3.63) is 99.0 Å². The van der Waals surface area contributed by atoms with Gasteiger partial charge in [-0.05, 0) is 65.4 Å². The van der Waals surface area contributed by atoms with Crippen molar-refractivity contribution >= 4 is 41.0 Å². The minimum Gasteiger partial charge on any atom is -0.493 e. The molecule has 0 unspecified atom stereocenters. The predicted octanol–water partition coefficient (Wildman–Crippen LogP) is 7.18. The summed E-state index contributed by atoms with van der Waals surface area (Å²) >= 11 is 12.5. The summed E-state index contributed by atoms with van der Waals surface area (Å²) < 4.78 is 6.18. The van der Waals surface area contributed by atoms with Crippen molar-refractivity contribution < 1.29 is 14.3 Å². The number of urea groups is 1. The number of hydrogen-bond donors (Lipinski definition) is 1. The lowest BCUT2D eigenvalue weighted by atomic mass is 9.86. The zero-order valence-electron chi connectivity index (χ0n) is 24.4. The third-order valence-corrected chi connectivity index (χ3v) is 8.17. The summed E-state index contributed by atoms with van der Waals surface area (Å²) in [7, 11) is 0. The van der Waals surface area contributed by atoms with Gasteiger partial charge in [-0.15, -0.1) is 0 Å². The summed E-state index contributed by atoms with van der Waals surface area (Å²) in [5.41, 5.74) is 3.56. The molecule has 2 aliphatic heterocycles. The van der Waals surface area contributed by atoms with Crippen LogP contribution in [0.5, 0.6) is 5.75 Å². The first-order valence-electron chi connectivity index (χ1n) is 14.3. The van der Waals surface area contributed by atoms with E-state index in [2.05, 4.69) is 32.2 Å². The van der Waals surface area contributed by atoms with E-state index in [1.807, 2.05) is 67.6 Å². The Labute approximate surface area is 257 Å².